The first kappa shape index (κ1) is 20.9. The number of carbonyl (C=O) groups is 2. The topological polar surface area (TPSA) is 64.7 Å². The van der Waals surface area contributed by atoms with Gasteiger partial charge in [-0.2, -0.15) is 0 Å². The second-order valence-electron chi connectivity index (χ2n) is 7.84. The smallest absolute Gasteiger partial charge is 0.251 e. The fraction of sp³-hybridized carbons (Fsp3) is 0.391. The summed E-state index contributed by atoms with van der Waals surface area (Å²) < 4.78 is 0. The minimum atomic E-state index is -0.639. The number of hydrogen-bond acceptors (Lipinski definition) is 4. The van der Waals surface area contributed by atoms with Gasteiger partial charge in [-0.15, -0.1) is 0 Å². The van der Waals surface area contributed by atoms with Gasteiger partial charge in [0, 0.05) is 43.1 Å². The Morgan fingerprint density at radius 3 is 2.38 bits per heavy atom. The molecule has 1 fully saturated rings. The van der Waals surface area contributed by atoms with Crippen LogP contribution in [0.2, 0.25) is 0 Å². The second kappa shape index (κ2) is 9.09. The van der Waals surface area contributed by atoms with Crippen LogP contribution in [-0.2, 0) is 4.79 Å². The first-order valence-electron chi connectivity index (χ1n) is 10.1. The van der Waals surface area contributed by atoms with Gasteiger partial charge in [0.1, 0.15) is 6.04 Å². The lowest BCUT2D eigenvalue weighted by Gasteiger charge is -2.34. The SMILES string of the molecule is Cc1cccc(C(=O)N[C@H](C)C(=O)Nc2ccc(N3CCN(C)CC3)cc2C)c1. The third kappa shape index (κ3) is 5.35. The van der Waals surface area contributed by atoms with Gasteiger partial charge in [-0.3, -0.25) is 9.59 Å². The molecule has 0 spiro atoms. The molecule has 0 aliphatic carbocycles. The molecular formula is C23H30N4O2. The van der Waals surface area contributed by atoms with Crippen LogP contribution >= 0.6 is 0 Å². The molecule has 0 radical (unpaired) electrons. The number of amides is 2. The molecule has 1 atom stereocenters. The standard InChI is InChI=1S/C23H30N4O2/c1-16-6-5-7-19(14-16)23(29)24-18(3)22(28)25-21-9-8-20(15-17(21)2)27-12-10-26(4)11-13-27/h5-9,14-15,18H,10-13H2,1-4H3,(H,24,29)(H,25,28)/t18-/m1/s1. The van der Waals surface area contributed by atoms with Crippen LogP contribution in [0, 0.1) is 13.8 Å². The van der Waals surface area contributed by atoms with E-state index >= 15 is 0 Å². The number of carbonyl (C=O) groups excluding carboxylic acids is 2. The Labute approximate surface area is 172 Å². The molecule has 2 amide bonds. The van der Waals surface area contributed by atoms with Gasteiger partial charge >= 0.3 is 0 Å². The zero-order valence-electron chi connectivity index (χ0n) is 17.7. The quantitative estimate of drug-likeness (QED) is 0.819. The van der Waals surface area contributed by atoms with E-state index in [4.69, 9.17) is 0 Å². The van der Waals surface area contributed by atoms with Gasteiger partial charge in [-0.1, -0.05) is 17.7 Å². The van der Waals surface area contributed by atoms with E-state index < -0.39 is 6.04 Å². The van der Waals surface area contributed by atoms with Crippen molar-refractivity contribution in [3.05, 3.63) is 59.2 Å². The number of nitrogens with one attached hydrogen (secondary N) is 2. The van der Waals surface area contributed by atoms with Crippen LogP contribution in [0.1, 0.15) is 28.4 Å². The number of hydrogen-bond donors (Lipinski definition) is 2. The summed E-state index contributed by atoms with van der Waals surface area (Å²) >= 11 is 0. The Hall–Kier alpha value is -2.86. The Kier molecular flexibility index (Phi) is 6.54. The fourth-order valence-corrected chi connectivity index (χ4v) is 3.42. The normalized spacial score (nSPS) is 15.7. The van der Waals surface area contributed by atoms with Gasteiger partial charge in [0.2, 0.25) is 5.91 Å². The van der Waals surface area contributed by atoms with Gasteiger partial charge in [0.15, 0.2) is 0 Å². The first-order valence-corrected chi connectivity index (χ1v) is 10.1. The molecule has 6 nitrogen and oxygen atoms in total. The molecule has 2 N–H and O–H groups in total. The fourth-order valence-electron chi connectivity index (χ4n) is 3.42. The zero-order chi connectivity index (χ0) is 21.0. The highest BCUT2D eigenvalue weighted by Crippen LogP contribution is 2.23. The summed E-state index contributed by atoms with van der Waals surface area (Å²) in [4.78, 5) is 29.6. The lowest BCUT2D eigenvalue weighted by atomic mass is 10.1. The van der Waals surface area contributed by atoms with Crippen molar-refractivity contribution in [3.63, 3.8) is 0 Å². The average Bonchev–Trinajstić information content (AvgIpc) is 2.70. The van der Waals surface area contributed by atoms with E-state index in [1.807, 2.05) is 38.1 Å². The Balaban J connectivity index is 1.60. The third-order valence-electron chi connectivity index (χ3n) is 5.36. The molecule has 29 heavy (non-hydrogen) atoms. The molecule has 1 saturated heterocycles. The van der Waals surface area contributed by atoms with Crippen molar-refractivity contribution in [3.8, 4) is 0 Å². The molecule has 1 aliphatic heterocycles. The van der Waals surface area contributed by atoms with Crippen LogP contribution < -0.4 is 15.5 Å². The van der Waals surface area contributed by atoms with Crippen molar-refractivity contribution >= 4 is 23.2 Å². The molecule has 1 heterocycles. The molecular weight excluding hydrogens is 364 g/mol. The van der Waals surface area contributed by atoms with Crippen LogP contribution in [-0.4, -0.2) is 56.0 Å². The summed E-state index contributed by atoms with van der Waals surface area (Å²) in [5, 5.41) is 5.70. The number of rotatable bonds is 5. The zero-order valence-corrected chi connectivity index (χ0v) is 17.7. The van der Waals surface area contributed by atoms with Crippen molar-refractivity contribution < 1.29 is 9.59 Å². The summed E-state index contributed by atoms with van der Waals surface area (Å²) in [6.07, 6.45) is 0. The van der Waals surface area contributed by atoms with Crippen molar-refractivity contribution in [2.45, 2.75) is 26.8 Å². The monoisotopic (exact) mass is 394 g/mol. The molecule has 154 valence electrons. The van der Waals surface area contributed by atoms with Gasteiger partial charge in [0.05, 0.1) is 0 Å². The minimum Gasteiger partial charge on any atom is -0.369 e. The van der Waals surface area contributed by atoms with E-state index in [9.17, 15) is 9.59 Å². The summed E-state index contributed by atoms with van der Waals surface area (Å²) in [7, 11) is 2.14. The highest BCUT2D eigenvalue weighted by molar-refractivity contribution is 6.01. The number of nitrogens with zero attached hydrogens (tertiary/aromatic N) is 2. The molecule has 0 unspecified atom stereocenters. The minimum absolute atomic E-state index is 0.235. The van der Waals surface area contributed by atoms with Gasteiger partial charge in [-0.25, -0.2) is 0 Å². The van der Waals surface area contributed by atoms with Crippen LogP contribution in [0.15, 0.2) is 42.5 Å². The van der Waals surface area contributed by atoms with E-state index in [-0.39, 0.29) is 11.8 Å². The van der Waals surface area contributed by atoms with Crippen LogP contribution in [0.3, 0.4) is 0 Å². The van der Waals surface area contributed by atoms with Crippen molar-refractivity contribution in [1.29, 1.82) is 0 Å². The average molecular weight is 395 g/mol. The van der Waals surface area contributed by atoms with E-state index in [0.29, 0.717) is 5.56 Å². The number of aryl methyl sites for hydroxylation is 2. The first-order chi connectivity index (χ1) is 13.8. The summed E-state index contributed by atoms with van der Waals surface area (Å²) in [6.45, 7) is 9.72. The third-order valence-corrected chi connectivity index (χ3v) is 5.36. The molecule has 0 saturated carbocycles. The molecule has 6 heteroatoms. The molecule has 2 aromatic rings. The largest absolute Gasteiger partial charge is 0.369 e. The van der Waals surface area contributed by atoms with Gasteiger partial charge in [-0.05, 0) is 63.7 Å². The van der Waals surface area contributed by atoms with Crippen LogP contribution in [0.5, 0.6) is 0 Å². The maximum absolute atomic E-state index is 12.6. The van der Waals surface area contributed by atoms with E-state index in [1.54, 1.807) is 19.1 Å². The molecule has 0 bridgehead atoms. The van der Waals surface area contributed by atoms with Crippen molar-refractivity contribution in [2.75, 3.05) is 43.4 Å². The maximum atomic E-state index is 12.6. The summed E-state index contributed by atoms with van der Waals surface area (Å²) in [6, 6.07) is 12.8. The number of piperazine rings is 1. The lowest BCUT2D eigenvalue weighted by Crippen LogP contribution is -2.44. The van der Waals surface area contributed by atoms with Crippen LogP contribution in [0.25, 0.3) is 0 Å². The van der Waals surface area contributed by atoms with Gasteiger partial charge in [0.25, 0.3) is 5.91 Å². The summed E-state index contributed by atoms with van der Waals surface area (Å²) in [5.41, 5.74) is 4.51. The second-order valence-corrected chi connectivity index (χ2v) is 7.84. The van der Waals surface area contributed by atoms with Crippen LogP contribution in [0.4, 0.5) is 11.4 Å². The van der Waals surface area contributed by atoms with E-state index in [2.05, 4.69) is 33.5 Å². The highest BCUT2D eigenvalue weighted by atomic mass is 16.2. The maximum Gasteiger partial charge on any atom is 0.251 e. The molecule has 0 aromatic heterocycles. The molecule has 2 aromatic carbocycles. The highest BCUT2D eigenvalue weighted by Gasteiger charge is 2.19. The number of likely N-dealkylation sites (N-methyl/N-ethyl adjacent to an activating group) is 1. The van der Waals surface area contributed by atoms with Crippen molar-refractivity contribution in [1.82, 2.24) is 10.2 Å². The summed E-state index contributed by atoms with van der Waals surface area (Å²) in [5.74, 6) is -0.486. The number of anilines is 2. The lowest BCUT2D eigenvalue weighted by molar-refractivity contribution is -0.117. The molecule has 1 aliphatic rings. The van der Waals surface area contributed by atoms with Crippen molar-refractivity contribution in [2.24, 2.45) is 0 Å². The Bertz CT molecular complexity index is 888. The van der Waals surface area contributed by atoms with Gasteiger partial charge < -0.3 is 20.4 Å². The van der Waals surface area contributed by atoms with E-state index in [0.717, 1.165) is 43.0 Å². The predicted molar refractivity (Wildman–Crippen MR) is 118 cm³/mol. The number of benzene rings is 2. The Morgan fingerprint density at radius 2 is 1.72 bits per heavy atom. The Morgan fingerprint density at radius 1 is 1.00 bits per heavy atom. The van der Waals surface area contributed by atoms with E-state index in [1.165, 1.54) is 5.69 Å². The molecule has 3 rings (SSSR count). The predicted octanol–water partition coefficient (Wildman–Crippen LogP) is 2.81.